The molecule has 0 spiro atoms. The normalized spacial score (nSPS) is 16.6. The number of nitrogens with zero attached hydrogens (tertiary/aromatic N) is 1. The summed E-state index contributed by atoms with van der Waals surface area (Å²) in [5, 5.41) is 2.51. The van der Waals surface area contributed by atoms with Crippen molar-refractivity contribution in [3.05, 3.63) is 21.0 Å². The van der Waals surface area contributed by atoms with E-state index in [2.05, 4.69) is 37.0 Å². The van der Waals surface area contributed by atoms with Crippen molar-refractivity contribution in [2.45, 2.75) is 25.7 Å². The molecule has 0 amide bonds. The van der Waals surface area contributed by atoms with E-state index in [9.17, 15) is 0 Å². The standard InChI is InChI=1S/C13H15N3S/c1-6-7(2)15-11-9(6)13(3,4)5-8-10(11)16-12(14)17-8/h15H,1-2,5H2,3-4H3,(H2,14,16). The maximum atomic E-state index is 5.81. The first kappa shape index (κ1) is 10.6. The average molecular weight is 245 g/mol. The highest BCUT2D eigenvalue weighted by Crippen LogP contribution is 2.42. The minimum atomic E-state index is 0.0603. The van der Waals surface area contributed by atoms with Crippen LogP contribution in [0.2, 0.25) is 0 Å². The van der Waals surface area contributed by atoms with E-state index in [0.717, 1.165) is 28.4 Å². The minimum absolute atomic E-state index is 0.0603. The van der Waals surface area contributed by atoms with Crippen molar-refractivity contribution in [1.82, 2.24) is 9.97 Å². The molecular weight excluding hydrogens is 230 g/mol. The summed E-state index contributed by atoms with van der Waals surface area (Å²) in [4.78, 5) is 8.98. The number of nitrogens with two attached hydrogens (primary N) is 1. The van der Waals surface area contributed by atoms with Gasteiger partial charge in [0.05, 0.1) is 5.69 Å². The number of nitrogens with one attached hydrogen (secondary N) is 1. The lowest BCUT2D eigenvalue weighted by atomic mass is 9.76. The number of aromatic nitrogens is 2. The Labute approximate surface area is 104 Å². The molecule has 2 heterocycles. The zero-order valence-electron chi connectivity index (χ0n) is 10.1. The quantitative estimate of drug-likeness (QED) is 0.736. The SMILES string of the molecule is C=c1[nH]c2c(c1=C)C(C)(C)Cc1sc(N)nc1-2. The zero-order chi connectivity index (χ0) is 12.4. The van der Waals surface area contributed by atoms with Gasteiger partial charge >= 0.3 is 0 Å². The third-order valence-electron chi connectivity index (χ3n) is 3.42. The van der Waals surface area contributed by atoms with Crippen LogP contribution in [0.3, 0.4) is 0 Å². The molecule has 0 saturated heterocycles. The van der Waals surface area contributed by atoms with Gasteiger partial charge in [0.25, 0.3) is 0 Å². The molecule has 0 aromatic carbocycles. The summed E-state index contributed by atoms with van der Waals surface area (Å²) < 4.78 is 0. The maximum absolute atomic E-state index is 5.81. The van der Waals surface area contributed by atoms with Gasteiger partial charge in [0.15, 0.2) is 5.13 Å². The predicted molar refractivity (Wildman–Crippen MR) is 73.3 cm³/mol. The molecule has 4 heteroatoms. The number of H-pyrrole nitrogens is 1. The lowest BCUT2D eigenvalue weighted by molar-refractivity contribution is 0.519. The van der Waals surface area contributed by atoms with Crippen molar-refractivity contribution >= 4 is 29.6 Å². The molecule has 2 aromatic heterocycles. The Balaban J connectivity index is 2.44. The van der Waals surface area contributed by atoms with Crippen LogP contribution in [-0.4, -0.2) is 9.97 Å². The van der Waals surface area contributed by atoms with Crippen molar-refractivity contribution in [3.8, 4) is 11.4 Å². The fourth-order valence-electron chi connectivity index (χ4n) is 2.69. The van der Waals surface area contributed by atoms with Gasteiger partial charge in [-0.25, -0.2) is 4.98 Å². The molecule has 0 unspecified atom stereocenters. The Morgan fingerprint density at radius 3 is 2.82 bits per heavy atom. The molecule has 3 nitrogen and oxygen atoms in total. The van der Waals surface area contributed by atoms with Crippen molar-refractivity contribution in [2.75, 3.05) is 5.73 Å². The molecule has 0 radical (unpaired) electrons. The van der Waals surface area contributed by atoms with E-state index in [1.54, 1.807) is 11.3 Å². The Morgan fingerprint density at radius 1 is 1.41 bits per heavy atom. The monoisotopic (exact) mass is 245 g/mol. The van der Waals surface area contributed by atoms with E-state index >= 15 is 0 Å². The first-order valence-electron chi connectivity index (χ1n) is 5.56. The molecule has 0 aliphatic heterocycles. The first-order valence-corrected chi connectivity index (χ1v) is 6.37. The van der Waals surface area contributed by atoms with Gasteiger partial charge in [-0.15, -0.1) is 11.3 Å². The Kier molecular flexibility index (Phi) is 1.88. The van der Waals surface area contributed by atoms with E-state index in [-0.39, 0.29) is 5.41 Å². The number of thiazole rings is 1. The number of fused-ring (bicyclic) bond motifs is 3. The van der Waals surface area contributed by atoms with Gasteiger partial charge in [-0.1, -0.05) is 27.0 Å². The number of hydrogen-bond donors (Lipinski definition) is 2. The molecule has 3 rings (SSSR count). The topological polar surface area (TPSA) is 54.7 Å². The summed E-state index contributed by atoms with van der Waals surface area (Å²) in [5.41, 5.74) is 9.15. The molecule has 3 N–H and O–H groups in total. The summed E-state index contributed by atoms with van der Waals surface area (Å²) in [6.45, 7) is 12.6. The van der Waals surface area contributed by atoms with Crippen molar-refractivity contribution < 1.29 is 0 Å². The maximum Gasteiger partial charge on any atom is 0.180 e. The zero-order valence-corrected chi connectivity index (χ0v) is 10.9. The summed E-state index contributed by atoms with van der Waals surface area (Å²) in [6.07, 6.45) is 0.962. The van der Waals surface area contributed by atoms with Gasteiger partial charge in [-0.2, -0.15) is 0 Å². The lowest BCUT2D eigenvalue weighted by Crippen LogP contribution is -2.32. The summed E-state index contributed by atoms with van der Waals surface area (Å²) >= 11 is 1.58. The largest absolute Gasteiger partial charge is 0.375 e. The van der Waals surface area contributed by atoms with Gasteiger partial charge in [-0.05, 0) is 22.6 Å². The number of rotatable bonds is 0. The molecule has 88 valence electrons. The number of nitrogen functional groups attached to an aromatic ring is 1. The van der Waals surface area contributed by atoms with E-state index in [0.29, 0.717) is 5.13 Å². The third-order valence-corrected chi connectivity index (χ3v) is 4.31. The van der Waals surface area contributed by atoms with E-state index in [4.69, 9.17) is 5.73 Å². The third kappa shape index (κ3) is 1.30. The smallest absolute Gasteiger partial charge is 0.180 e. The Morgan fingerprint density at radius 2 is 2.12 bits per heavy atom. The molecule has 0 saturated carbocycles. The van der Waals surface area contributed by atoms with Gasteiger partial charge in [0, 0.05) is 10.2 Å². The van der Waals surface area contributed by atoms with Crippen molar-refractivity contribution in [1.29, 1.82) is 0 Å². The summed E-state index contributed by atoms with van der Waals surface area (Å²) in [7, 11) is 0. The lowest BCUT2D eigenvalue weighted by Gasteiger charge is -2.29. The molecular formula is C13H15N3S. The highest BCUT2D eigenvalue weighted by atomic mass is 32.1. The van der Waals surface area contributed by atoms with Gasteiger partial charge < -0.3 is 10.7 Å². The number of anilines is 1. The number of hydrogen-bond acceptors (Lipinski definition) is 3. The second kappa shape index (κ2) is 3.01. The second-order valence-corrected chi connectivity index (χ2v) is 6.33. The fraction of sp³-hybridized carbons (Fsp3) is 0.308. The van der Waals surface area contributed by atoms with Crippen LogP contribution in [-0.2, 0) is 11.8 Å². The molecule has 0 fully saturated rings. The van der Waals surface area contributed by atoms with Crippen LogP contribution in [0, 0.1) is 0 Å². The predicted octanol–water partition coefficient (Wildman–Crippen LogP) is 1.37. The van der Waals surface area contributed by atoms with Gasteiger partial charge in [-0.3, -0.25) is 0 Å². The van der Waals surface area contributed by atoms with Crippen LogP contribution in [0.5, 0.6) is 0 Å². The Hall–Kier alpha value is -1.55. The summed E-state index contributed by atoms with van der Waals surface area (Å²) in [6, 6.07) is 0. The van der Waals surface area contributed by atoms with Gasteiger partial charge in [0.2, 0.25) is 0 Å². The van der Waals surface area contributed by atoms with Crippen molar-refractivity contribution in [2.24, 2.45) is 0 Å². The van der Waals surface area contributed by atoms with Crippen LogP contribution in [0.1, 0.15) is 24.3 Å². The fourth-order valence-corrected chi connectivity index (χ4v) is 3.76. The van der Waals surface area contributed by atoms with Gasteiger partial charge in [0.1, 0.15) is 5.69 Å². The summed E-state index contributed by atoms with van der Waals surface area (Å²) in [5.74, 6) is 0. The highest BCUT2D eigenvalue weighted by Gasteiger charge is 2.35. The highest BCUT2D eigenvalue weighted by molar-refractivity contribution is 7.15. The molecule has 0 atom stereocenters. The second-order valence-electron chi connectivity index (χ2n) is 5.22. The molecule has 1 aliphatic rings. The van der Waals surface area contributed by atoms with E-state index < -0.39 is 0 Å². The molecule has 2 aromatic rings. The van der Waals surface area contributed by atoms with Crippen LogP contribution < -0.4 is 16.3 Å². The van der Waals surface area contributed by atoms with Crippen LogP contribution in [0.25, 0.3) is 24.5 Å². The van der Waals surface area contributed by atoms with E-state index in [1.807, 2.05) is 0 Å². The van der Waals surface area contributed by atoms with Crippen molar-refractivity contribution in [3.63, 3.8) is 0 Å². The van der Waals surface area contributed by atoms with Crippen LogP contribution >= 0.6 is 11.3 Å². The molecule has 1 aliphatic carbocycles. The minimum Gasteiger partial charge on any atom is -0.375 e. The molecule has 17 heavy (non-hydrogen) atoms. The first-order chi connectivity index (χ1) is 7.90. The van der Waals surface area contributed by atoms with Crippen LogP contribution in [0.4, 0.5) is 5.13 Å². The van der Waals surface area contributed by atoms with E-state index in [1.165, 1.54) is 10.4 Å². The number of aromatic amines is 1. The average Bonchev–Trinajstić information content (AvgIpc) is 2.68. The molecule has 0 bridgehead atoms. The van der Waals surface area contributed by atoms with Crippen LogP contribution in [0.15, 0.2) is 0 Å². The Bertz CT molecular complexity index is 706.